The van der Waals surface area contributed by atoms with Crippen molar-refractivity contribution < 1.29 is 9.50 Å². The minimum Gasteiger partial charge on any atom is -0.503 e. The topological polar surface area (TPSA) is 97.0 Å². The molecule has 0 atom stereocenters. The van der Waals surface area contributed by atoms with Crippen LogP contribution in [0.5, 0.6) is 5.75 Å². The Bertz CT molecular complexity index is 1120. The van der Waals surface area contributed by atoms with Crippen molar-refractivity contribution in [1.29, 1.82) is 0 Å². The van der Waals surface area contributed by atoms with Crippen LogP contribution in [0.2, 0.25) is 0 Å². The lowest BCUT2D eigenvalue weighted by molar-refractivity contribution is 0.475. The molecule has 4 N–H and O–H groups in total. The third-order valence-electron chi connectivity index (χ3n) is 4.26. The number of aromatic nitrogens is 3. The van der Waals surface area contributed by atoms with Gasteiger partial charge in [-0.15, -0.1) is 0 Å². The number of pyridine rings is 1. The van der Waals surface area contributed by atoms with E-state index in [4.69, 9.17) is 5.73 Å². The number of nitrogens with zero attached hydrogens (tertiary/aromatic N) is 3. The first-order valence-corrected chi connectivity index (χ1v) is 8.26. The molecule has 0 fully saturated rings. The minimum atomic E-state index is -0.537. The molecule has 0 aliphatic heterocycles. The Labute approximate surface area is 154 Å². The summed E-state index contributed by atoms with van der Waals surface area (Å²) in [5.41, 5.74) is 8.22. The van der Waals surface area contributed by atoms with Gasteiger partial charge >= 0.3 is 0 Å². The Balaban J connectivity index is 1.68. The lowest BCUT2D eigenvalue weighted by atomic mass is 10.1. The van der Waals surface area contributed by atoms with E-state index in [1.807, 2.05) is 24.3 Å². The highest BCUT2D eigenvalue weighted by Gasteiger charge is 2.13. The minimum absolute atomic E-state index is 0.0835. The zero-order chi connectivity index (χ0) is 18.8. The number of nitrogens with one attached hydrogen (secondary N) is 1. The van der Waals surface area contributed by atoms with Gasteiger partial charge in [0.1, 0.15) is 24.5 Å². The van der Waals surface area contributed by atoms with Crippen molar-refractivity contribution in [2.75, 3.05) is 11.1 Å². The van der Waals surface area contributed by atoms with Gasteiger partial charge in [0.15, 0.2) is 11.6 Å². The van der Waals surface area contributed by atoms with Gasteiger partial charge in [-0.2, -0.15) is 0 Å². The summed E-state index contributed by atoms with van der Waals surface area (Å²) in [7, 11) is 0. The van der Waals surface area contributed by atoms with Crippen LogP contribution in [0.25, 0.3) is 22.0 Å². The van der Waals surface area contributed by atoms with E-state index in [1.165, 1.54) is 6.33 Å². The van der Waals surface area contributed by atoms with Crippen molar-refractivity contribution in [3.05, 3.63) is 66.6 Å². The molecule has 7 heteroatoms. The maximum Gasteiger partial charge on any atom is 0.185 e. The lowest BCUT2D eigenvalue weighted by Gasteiger charge is -2.11. The molecule has 4 rings (SSSR count). The molecule has 0 radical (unpaired) electrons. The molecule has 134 valence electrons. The van der Waals surface area contributed by atoms with Gasteiger partial charge in [0.05, 0.1) is 0 Å². The summed E-state index contributed by atoms with van der Waals surface area (Å²) in [6, 6.07) is 14.2. The third-order valence-corrected chi connectivity index (χ3v) is 4.26. The van der Waals surface area contributed by atoms with Crippen molar-refractivity contribution in [2.24, 2.45) is 0 Å². The second-order valence-electron chi connectivity index (χ2n) is 6.01. The van der Waals surface area contributed by atoms with Gasteiger partial charge < -0.3 is 16.2 Å². The molecule has 0 aliphatic carbocycles. The zero-order valence-corrected chi connectivity index (χ0v) is 14.2. The normalized spacial score (nSPS) is 10.9. The first kappa shape index (κ1) is 16.7. The summed E-state index contributed by atoms with van der Waals surface area (Å²) in [6.45, 7) is -0.537. The molecular weight excluding hydrogens is 345 g/mol. The third kappa shape index (κ3) is 3.22. The van der Waals surface area contributed by atoms with Crippen LogP contribution in [0.1, 0.15) is 5.56 Å². The summed E-state index contributed by atoms with van der Waals surface area (Å²) < 4.78 is 12.7. The molecule has 27 heavy (non-hydrogen) atoms. The van der Waals surface area contributed by atoms with Gasteiger partial charge in [-0.25, -0.2) is 19.3 Å². The molecule has 0 amide bonds. The summed E-state index contributed by atoms with van der Waals surface area (Å²) in [5.74, 6) is 0.652. The molecule has 0 spiro atoms. The smallest absolute Gasteiger partial charge is 0.185 e. The lowest BCUT2D eigenvalue weighted by Crippen LogP contribution is -1.98. The summed E-state index contributed by atoms with van der Waals surface area (Å²) >= 11 is 0. The maximum absolute atomic E-state index is 12.7. The van der Waals surface area contributed by atoms with Gasteiger partial charge in [-0.1, -0.05) is 24.3 Å². The number of halogens is 1. The van der Waals surface area contributed by atoms with E-state index in [9.17, 15) is 9.50 Å². The quantitative estimate of drug-likeness (QED) is 0.504. The molecule has 2 aromatic heterocycles. The number of nitrogen functional groups attached to an aromatic ring is 1. The Morgan fingerprint density at radius 2 is 1.81 bits per heavy atom. The second kappa shape index (κ2) is 6.87. The molecule has 2 aromatic carbocycles. The fraction of sp³-hybridized carbons (Fsp3) is 0.0500. The van der Waals surface area contributed by atoms with E-state index < -0.39 is 6.67 Å². The Hall–Kier alpha value is -3.74. The van der Waals surface area contributed by atoms with Crippen LogP contribution in [0.4, 0.5) is 21.7 Å². The average molecular weight is 361 g/mol. The number of anilines is 3. The zero-order valence-electron chi connectivity index (χ0n) is 14.2. The molecule has 0 aliphatic rings. The highest BCUT2D eigenvalue weighted by molar-refractivity contribution is 5.93. The number of aromatic hydroxyl groups is 1. The van der Waals surface area contributed by atoms with Crippen LogP contribution in [0, 0.1) is 0 Å². The summed E-state index contributed by atoms with van der Waals surface area (Å²) in [5, 5.41) is 15.5. The summed E-state index contributed by atoms with van der Waals surface area (Å²) in [6.07, 6.45) is 3.01. The van der Waals surface area contributed by atoms with Crippen LogP contribution in [-0.2, 0) is 6.67 Å². The molecule has 2 heterocycles. The van der Waals surface area contributed by atoms with Crippen molar-refractivity contribution in [1.82, 2.24) is 15.0 Å². The Kier molecular flexibility index (Phi) is 4.25. The van der Waals surface area contributed by atoms with Crippen molar-refractivity contribution in [3.8, 4) is 17.0 Å². The van der Waals surface area contributed by atoms with E-state index in [2.05, 4.69) is 20.3 Å². The average Bonchev–Trinajstić information content (AvgIpc) is 2.70. The fourth-order valence-electron chi connectivity index (χ4n) is 2.85. The summed E-state index contributed by atoms with van der Waals surface area (Å²) in [4.78, 5) is 12.3. The molecule has 4 aromatic rings. The van der Waals surface area contributed by atoms with Crippen molar-refractivity contribution in [2.45, 2.75) is 6.67 Å². The van der Waals surface area contributed by atoms with Gasteiger partial charge in [0.2, 0.25) is 0 Å². The highest BCUT2D eigenvalue weighted by Crippen LogP contribution is 2.34. The van der Waals surface area contributed by atoms with Crippen molar-refractivity contribution in [3.63, 3.8) is 0 Å². The number of rotatable bonds is 4. The number of benzene rings is 2. The monoisotopic (exact) mass is 361 g/mol. The van der Waals surface area contributed by atoms with Gasteiger partial charge in [-0.3, -0.25) is 0 Å². The van der Waals surface area contributed by atoms with Crippen LogP contribution < -0.4 is 11.1 Å². The maximum atomic E-state index is 12.7. The molecule has 0 bridgehead atoms. The predicted molar refractivity (Wildman–Crippen MR) is 103 cm³/mol. The fourth-order valence-corrected chi connectivity index (χ4v) is 2.85. The molecule has 6 nitrogen and oxygen atoms in total. The number of hydrogen-bond donors (Lipinski definition) is 3. The number of fused-ring (bicyclic) bond motifs is 1. The number of nitrogens with two attached hydrogens (primary N) is 1. The Morgan fingerprint density at radius 3 is 2.59 bits per heavy atom. The molecule has 0 saturated carbocycles. The van der Waals surface area contributed by atoms with E-state index >= 15 is 0 Å². The standard InChI is InChI=1S/C20H16FN5O/c21-10-12-1-3-13(4-2-12)17-18(27)20(25-11-24-17)26-15-5-6-16-14(9-15)7-8-23-19(16)22/h1-9,11,27H,10H2,(H2,22,23)(H,24,25,26). The van der Waals surface area contributed by atoms with Gasteiger partial charge in [-0.05, 0) is 35.2 Å². The van der Waals surface area contributed by atoms with Gasteiger partial charge in [0, 0.05) is 22.8 Å². The second-order valence-corrected chi connectivity index (χ2v) is 6.01. The number of alkyl halides is 1. The predicted octanol–water partition coefficient (Wildman–Crippen LogP) is 4.19. The SMILES string of the molecule is Nc1nccc2cc(Nc3ncnc(-c4ccc(CF)cc4)c3O)ccc12. The Morgan fingerprint density at radius 1 is 1.00 bits per heavy atom. The van der Waals surface area contributed by atoms with Crippen molar-refractivity contribution >= 4 is 28.1 Å². The first-order valence-electron chi connectivity index (χ1n) is 8.26. The molecule has 0 saturated heterocycles. The van der Waals surface area contributed by atoms with E-state index in [0.717, 1.165) is 16.5 Å². The van der Waals surface area contributed by atoms with E-state index in [-0.39, 0.29) is 11.6 Å². The van der Waals surface area contributed by atoms with Crippen LogP contribution >= 0.6 is 0 Å². The highest BCUT2D eigenvalue weighted by atomic mass is 19.1. The van der Waals surface area contributed by atoms with E-state index in [1.54, 1.807) is 30.5 Å². The molecular formula is C20H16FN5O. The van der Waals surface area contributed by atoms with Gasteiger partial charge in [0.25, 0.3) is 0 Å². The largest absolute Gasteiger partial charge is 0.503 e. The molecule has 0 unspecified atom stereocenters. The van der Waals surface area contributed by atoms with Crippen LogP contribution in [0.3, 0.4) is 0 Å². The van der Waals surface area contributed by atoms with E-state index in [0.29, 0.717) is 22.6 Å². The van der Waals surface area contributed by atoms with Crippen LogP contribution in [-0.4, -0.2) is 20.1 Å². The number of hydrogen-bond acceptors (Lipinski definition) is 6. The van der Waals surface area contributed by atoms with Crippen LogP contribution in [0.15, 0.2) is 61.1 Å². The first-order chi connectivity index (χ1) is 13.2.